The number of urea groups is 1. The van der Waals surface area contributed by atoms with Crippen LogP contribution in [0.1, 0.15) is 23.2 Å². The lowest BCUT2D eigenvalue weighted by atomic mass is 10.0. The Labute approximate surface area is 120 Å². The average molecular weight is 298 g/mol. The highest BCUT2D eigenvalue weighted by molar-refractivity contribution is 5.94. The Morgan fingerprint density at radius 1 is 1.14 bits per heavy atom. The van der Waals surface area contributed by atoms with Crippen molar-refractivity contribution in [3.05, 3.63) is 29.3 Å². The van der Waals surface area contributed by atoms with Crippen LogP contribution < -0.4 is 16.8 Å². The minimum atomic E-state index is -0.992. The van der Waals surface area contributed by atoms with Gasteiger partial charge in [-0.2, -0.15) is 0 Å². The molecule has 0 saturated carbocycles. The van der Waals surface area contributed by atoms with E-state index in [1.165, 1.54) is 4.90 Å². The molecule has 114 valence electrons. The molecule has 0 bridgehead atoms. The topological polar surface area (TPSA) is 101 Å². The molecule has 3 amide bonds. The Bertz CT molecular complexity index is 572. The number of carbonyl (C=O) groups excluding carboxylic acids is 2. The van der Waals surface area contributed by atoms with Crippen molar-refractivity contribution in [3.8, 4) is 0 Å². The van der Waals surface area contributed by atoms with E-state index in [2.05, 4.69) is 5.32 Å². The summed E-state index contributed by atoms with van der Waals surface area (Å²) < 4.78 is 27.1. The fourth-order valence-corrected chi connectivity index (χ4v) is 2.31. The van der Waals surface area contributed by atoms with Gasteiger partial charge >= 0.3 is 6.03 Å². The van der Waals surface area contributed by atoms with Crippen LogP contribution in [0.2, 0.25) is 0 Å². The van der Waals surface area contributed by atoms with Gasteiger partial charge in [0.1, 0.15) is 11.6 Å². The molecule has 6 nitrogen and oxygen atoms in total. The molecule has 0 aromatic heterocycles. The minimum Gasteiger partial charge on any atom is -0.380 e. The third kappa shape index (κ3) is 3.39. The maximum absolute atomic E-state index is 13.7. The van der Waals surface area contributed by atoms with Gasteiger partial charge in [-0.25, -0.2) is 13.6 Å². The summed E-state index contributed by atoms with van der Waals surface area (Å²) in [5, 5.41) is 2.90. The first-order chi connectivity index (χ1) is 9.88. The Balaban J connectivity index is 2.08. The van der Waals surface area contributed by atoms with Crippen molar-refractivity contribution >= 4 is 17.6 Å². The maximum Gasteiger partial charge on any atom is 0.314 e. The van der Waals surface area contributed by atoms with E-state index in [1.54, 1.807) is 0 Å². The summed E-state index contributed by atoms with van der Waals surface area (Å²) in [6, 6.07) is 1.10. The van der Waals surface area contributed by atoms with Crippen LogP contribution in [0.3, 0.4) is 0 Å². The van der Waals surface area contributed by atoms with Crippen molar-refractivity contribution in [1.29, 1.82) is 0 Å². The van der Waals surface area contributed by atoms with Gasteiger partial charge in [-0.05, 0) is 18.9 Å². The van der Waals surface area contributed by atoms with E-state index in [1.807, 2.05) is 0 Å². The summed E-state index contributed by atoms with van der Waals surface area (Å²) in [5.74, 6) is -2.75. The van der Waals surface area contributed by atoms with Crippen molar-refractivity contribution in [2.24, 2.45) is 11.5 Å². The SMILES string of the molecule is NC(=O)c1cc(NC2CCN(C(N)=O)CC2)c(F)cc1F. The number of carbonyl (C=O) groups is 2. The van der Waals surface area contributed by atoms with Crippen LogP contribution >= 0.6 is 0 Å². The molecule has 1 fully saturated rings. The lowest BCUT2D eigenvalue weighted by Gasteiger charge is -2.31. The molecule has 1 saturated heterocycles. The predicted molar refractivity (Wildman–Crippen MR) is 72.7 cm³/mol. The van der Waals surface area contributed by atoms with Crippen molar-refractivity contribution in [1.82, 2.24) is 4.90 Å². The fourth-order valence-electron chi connectivity index (χ4n) is 2.31. The van der Waals surface area contributed by atoms with E-state index >= 15 is 0 Å². The summed E-state index contributed by atoms with van der Waals surface area (Å²) in [7, 11) is 0. The number of primary amides is 2. The number of hydrogen-bond acceptors (Lipinski definition) is 3. The standard InChI is InChI=1S/C13H16F2N4O2/c14-9-6-10(15)11(5-8(9)12(16)20)18-7-1-3-19(4-2-7)13(17)21/h5-7,18H,1-4H2,(H2,16,20)(H2,17,21). The van der Waals surface area contributed by atoms with E-state index in [4.69, 9.17) is 11.5 Å². The second-order valence-electron chi connectivity index (χ2n) is 4.92. The van der Waals surface area contributed by atoms with E-state index in [9.17, 15) is 18.4 Å². The highest BCUT2D eigenvalue weighted by Crippen LogP contribution is 2.22. The molecule has 5 N–H and O–H groups in total. The van der Waals surface area contributed by atoms with E-state index in [-0.39, 0.29) is 17.3 Å². The second kappa shape index (κ2) is 5.94. The molecule has 1 aromatic rings. The third-order valence-corrected chi connectivity index (χ3v) is 3.49. The number of anilines is 1. The number of nitrogens with two attached hydrogens (primary N) is 2. The van der Waals surface area contributed by atoms with Gasteiger partial charge in [-0.3, -0.25) is 4.79 Å². The molecule has 1 aliphatic heterocycles. The zero-order valence-corrected chi connectivity index (χ0v) is 11.2. The molecule has 1 aromatic carbocycles. The molecule has 0 atom stereocenters. The molecule has 0 aliphatic carbocycles. The Kier molecular flexibility index (Phi) is 4.25. The minimum absolute atomic E-state index is 0.0164. The number of amides is 3. The van der Waals surface area contributed by atoms with E-state index in [0.717, 1.165) is 6.07 Å². The number of nitrogens with one attached hydrogen (secondary N) is 1. The monoisotopic (exact) mass is 298 g/mol. The van der Waals surface area contributed by atoms with Gasteiger partial charge in [0.2, 0.25) is 0 Å². The van der Waals surface area contributed by atoms with Crippen LogP contribution in [0, 0.1) is 11.6 Å². The Morgan fingerprint density at radius 3 is 2.29 bits per heavy atom. The van der Waals surface area contributed by atoms with Crippen molar-refractivity contribution in [3.63, 3.8) is 0 Å². The molecule has 1 heterocycles. The predicted octanol–water partition coefficient (Wildman–Crippen LogP) is 1.02. The first kappa shape index (κ1) is 15.0. The summed E-state index contributed by atoms with van der Waals surface area (Å²) >= 11 is 0. The van der Waals surface area contributed by atoms with Crippen molar-refractivity contribution in [2.45, 2.75) is 18.9 Å². The van der Waals surface area contributed by atoms with E-state index < -0.39 is 23.6 Å². The molecule has 21 heavy (non-hydrogen) atoms. The fraction of sp³-hybridized carbons (Fsp3) is 0.385. The van der Waals surface area contributed by atoms with Gasteiger partial charge in [-0.15, -0.1) is 0 Å². The first-order valence-corrected chi connectivity index (χ1v) is 6.48. The lowest BCUT2D eigenvalue weighted by molar-refractivity contribution is 0.0996. The van der Waals surface area contributed by atoms with Crippen LogP contribution in [0.15, 0.2) is 12.1 Å². The molecular weight excluding hydrogens is 282 g/mol. The normalized spacial score (nSPS) is 15.8. The summed E-state index contributed by atoms with van der Waals surface area (Å²) in [4.78, 5) is 23.6. The molecule has 0 radical (unpaired) electrons. The van der Waals surface area contributed by atoms with Crippen LogP contribution in [0.4, 0.5) is 19.3 Å². The zero-order chi connectivity index (χ0) is 15.6. The van der Waals surface area contributed by atoms with Gasteiger partial charge in [0, 0.05) is 25.2 Å². The zero-order valence-electron chi connectivity index (χ0n) is 11.2. The van der Waals surface area contributed by atoms with Gasteiger partial charge in [0.25, 0.3) is 5.91 Å². The quantitative estimate of drug-likeness (QED) is 0.776. The third-order valence-electron chi connectivity index (χ3n) is 3.49. The van der Waals surface area contributed by atoms with Gasteiger partial charge in [0.15, 0.2) is 0 Å². The van der Waals surface area contributed by atoms with Crippen molar-refractivity contribution < 1.29 is 18.4 Å². The van der Waals surface area contributed by atoms with Crippen LogP contribution in [-0.4, -0.2) is 36.0 Å². The van der Waals surface area contributed by atoms with Gasteiger partial charge in [0.05, 0.1) is 11.3 Å². The highest BCUT2D eigenvalue weighted by atomic mass is 19.1. The summed E-state index contributed by atoms with van der Waals surface area (Å²) in [5.41, 5.74) is 9.85. The number of halogens is 2. The molecule has 8 heteroatoms. The molecule has 1 aliphatic rings. The number of benzene rings is 1. The highest BCUT2D eigenvalue weighted by Gasteiger charge is 2.22. The number of nitrogens with zero attached hydrogens (tertiary/aromatic N) is 1. The van der Waals surface area contributed by atoms with E-state index in [0.29, 0.717) is 32.0 Å². The Hall–Kier alpha value is -2.38. The average Bonchev–Trinajstić information content (AvgIpc) is 2.42. The van der Waals surface area contributed by atoms with Crippen LogP contribution in [0.5, 0.6) is 0 Å². The number of piperidine rings is 1. The van der Waals surface area contributed by atoms with Crippen LogP contribution in [0.25, 0.3) is 0 Å². The second-order valence-corrected chi connectivity index (χ2v) is 4.92. The van der Waals surface area contributed by atoms with Gasteiger partial charge in [-0.1, -0.05) is 0 Å². The largest absolute Gasteiger partial charge is 0.380 e. The number of rotatable bonds is 3. The molecule has 0 spiro atoms. The first-order valence-electron chi connectivity index (χ1n) is 6.48. The number of likely N-dealkylation sites (tertiary alicyclic amines) is 1. The Morgan fingerprint density at radius 2 is 1.76 bits per heavy atom. The van der Waals surface area contributed by atoms with Crippen LogP contribution in [-0.2, 0) is 0 Å². The smallest absolute Gasteiger partial charge is 0.314 e. The van der Waals surface area contributed by atoms with Crippen molar-refractivity contribution in [2.75, 3.05) is 18.4 Å². The maximum atomic E-state index is 13.7. The summed E-state index contributed by atoms with van der Waals surface area (Å²) in [6.07, 6.45) is 1.15. The number of hydrogen-bond donors (Lipinski definition) is 3. The molecular formula is C13H16F2N4O2. The lowest BCUT2D eigenvalue weighted by Crippen LogP contribution is -2.44. The molecule has 2 rings (SSSR count). The van der Waals surface area contributed by atoms with Gasteiger partial charge < -0.3 is 21.7 Å². The summed E-state index contributed by atoms with van der Waals surface area (Å²) in [6.45, 7) is 0.914. The molecule has 0 unspecified atom stereocenters.